The van der Waals surface area contributed by atoms with E-state index in [0.717, 1.165) is 3.57 Å². The molecule has 0 aromatic heterocycles. The van der Waals surface area contributed by atoms with Crippen molar-refractivity contribution in [1.82, 2.24) is 0 Å². The number of anilines is 1. The van der Waals surface area contributed by atoms with Crippen LogP contribution in [0.2, 0.25) is 5.02 Å². The first-order chi connectivity index (χ1) is 6.44. The van der Waals surface area contributed by atoms with Gasteiger partial charge in [-0.25, -0.2) is 8.42 Å². The fraction of sp³-hybridized carbons (Fsp3) is 0.250. The maximum absolute atomic E-state index is 11.2. The van der Waals surface area contributed by atoms with Crippen molar-refractivity contribution in [3.05, 3.63) is 26.8 Å². The summed E-state index contributed by atoms with van der Waals surface area (Å²) >= 11 is 7.92. The Hall–Kier alpha value is -0.0100. The molecule has 1 N–H and O–H groups in total. The van der Waals surface area contributed by atoms with Gasteiger partial charge in [0, 0.05) is 3.57 Å². The summed E-state index contributed by atoms with van der Waals surface area (Å²) in [6, 6.07) is 5.04. The molecule has 1 aromatic carbocycles. The summed E-state index contributed by atoms with van der Waals surface area (Å²) in [5.74, 6) is 0.0522. The number of hydrogen-bond acceptors (Lipinski definition) is 2. The number of benzene rings is 1. The smallest absolute Gasteiger partial charge is 0.232 e. The number of hydrogen-bond donors (Lipinski definition) is 1. The van der Waals surface area contributed by atoms with E-state index in [1.807, 2.05) is 0 Å². The van der Waals surface area contributed by atoms with E-state index in [1.54, 1.807) is 25.1 Å². The second-order valence-corrected chi connectivity index (χ2v) is 6.21. The summed E-state index contributed by atoms with van der Waals surface area (Å²) < 4.78 is 25.7. The van der Waals surface area contributed by atoms with Gasteiger partial charge in [-0.3, -0.25) is 4.72 Å². The lowest BCUT2D eigenvalue weighted by Crippen LogP contribution is -2.14. The Bertz CT molecular complexity index is 433. The number of nitrogens with one attached hydrogen (secondary N) is 1. The molecule has 0 atom stereocenters. The third-order valence-corrected chi connectivity index (χ3v) is 4.45. The Morgan fingerprint density at radius 1 is 1.50 bits per heavy atom. The zero-order chi connectivity index (χ0) is 10.8. The fourth-order valence-corrected chi connectivity index (χ4v) is 1.96. The van der Waals surface area contributed by atoms with E-state index >= 15 is 0 Å². The standard InChI is InChI=1S/C8H9ClINO2S/c1-2-14(12,13)11-6-3-4-8(10)7(9)5-6/h3-5,11H,2H2,1H3. The average molecular weight is 346 g/mol. The van der Waals surface area contributed by atoms with Gasteiger partial charge in [0.1, 0.15) is 0 Å². The summed E-state index contributed by atoms with van der Waals surface area (Å²) in [6.07, 6.45) is 0. The highest BCUT2D eigenvalue weighted by Gasteiger charge is 2.07. The summed E-state index contributed by atoms with van der Waals surface area (Å²) in [5, 5.41) is 0.543. The van der Waals surface area contributed by atoms with Crippen LogP contribution in [0.3, 0.4) is 0 Å². The first kappa shape index (κ1) is 12.1. The SMILES string of the molecule is CCS(=O)(=O)Nc1ccc(I)c(Cl)c1. The minimum Gasteiger partial charge on any atom is -0.284 e. The molecule has 1 aromatic rings. The minimum absolute atomic E-state index is 0.0522. The molecule has 0 radical (unpaired) electrons. The number of rotatable bonds is 3. The van der Waals surface area contributed by atoms with E-state index in [2.05, 4.69) is 27.3 Å². The predicted octanol–water partition coefficient (Wildman–Crippen LogP) is 2.71. The molecule has 0 unspecified atom stereocenters. The minimum atomic E-state index is -3.21. The third kappa shape index (κ3) is 3.29. The molecule has 0 saturated heterocycles. The van der Waals surface area contributed by atoms with Crippen molar-refractivity contribution in [2.24, 2.45) is 0 Å². The van der Waals surface area contributed by atoms with Gasteiger partial charge in [-0.15, -0.1) is 0 Å². The molecule has 0 fully saturated rings. The molecule has 1 rings (SSSR count). The molecule has 78 valence electrons. The second kappa shape index (κ2) is 4.67. The summed E-state index contributed by atoms with van der Waals surface area (Å²) in [7, 11) is -3.21. The lowest BCUT2D eigenvalue weighted by atomic mass is 10.3. The summed E-state index contributed by atoms with van der Waals surface area (Å²) in [4.78, 5) is 0. The Morgan fingerprint density at radius 3 is 2.64 bits per heavy atom. The van der Waals surface area contributed by atoms with E-state index in [9.17, 15) is 8.42 Å². The zero-order valence-corrected chi connectivity index (χ0v) is 11.1. The molecular weight excluding hydrogens is 337 g/mol. The van der Waals surface area contributed by atoms with E-state index in [0.29, 0.717) is 10.7 Å². The van der Waals surface area contributed by atoms with Gasteiger partial charge in [-0.2, -0.15) is 0 Å². The monoisotopic (exact) mass is 345 g/mol. The van der Waals surface area contributed by atoms with E-state index in [4.69, 9.17) is 11.6 Å². The lowest BCUT2D eigenvalue weighted by Gasteiger charge is -2.06. The van der Waals surface area contributed by atoms with E-state index in [-0.39, 0.29) is 5.75 Å². The van der Waals surface area contributed by atoms with Crippen LogP contribution in [0, 0.1) is 3.57 Å². The molecule has 0 aliphatic carbocycles. The maximum atomic E-state index is 11.2. The highest BCUT2D eigenvalue weighted by atomic mass is 127. The highest BCUT2D eigenvalue weighted by Crippen LogP contribution is 2.22. The highest BCUT2D eigenvalue weighted by molar-refractivity contribution is 14.1. The molecule has 3 nitrogen and oxygen atoms in total. The normalized spacial score (nSPS) is 11.4. The Morgan fingerprint density at radius 2 is 2.14 bits per heavy atom. The maximum Gasteiger partial charge on any atom is 0.232 e. The van der Waals surface area contributed by atoms with Crippen molar-refractivity contribution in [2.45, 2.75) is 6.92 Å². The van der Waals surface area contributed by atoms with Crippen LogP contribution >= 0.6 is 34.2 Å². The first-order valence-corrected chi connectivity index (χ1v) is 7.01. The van der Waals surface area contributed by atoms with Gasteiger partial charge in [-0.05, 0) is 47.7 Å². The lowest BCUT2D eigenvalue weighted by molar-refractivity contribution is 0.602. The van der Waals surface area contributed by atoms with Gasteiger partial charge >= 0.3 is 0 Å². The first-order valence-electron chi connectivity index (χ1n) is 3.90. The third-order valence-electron chi connectivity index (χ3n) is 1.57. The van der Waals surface area contributed by atoms with Crippen LogP contribution in [-0.2, 0) is 10.0 Å². The average Bonchev–Trinajstić information content (AvgIpc) is 2.11. The van der Waals surface area contributed by atoms with Crippen LogP contribution in [0.25, 0.3) is 0 Å². The van der Waals surface area contributed by atoms with Gasteiger partial charge in [-0.1, -0.05) is 11.6 Å². The van der Waals surface area contributed by atoms with Crippen molar-refractivity contribution < 1.29 is 8.42 Å². The van der Waals surface area contributed by atoms with Crippen molar-refractivity contribution in [3.63, 3.8) is 0 Å². The van der Waals surface area contributed by atoms with Crippen molar-refractivity contribution in [2.75, 3.05) is 10.5 Å². The Balaban J connectivity index is 2.94. The molecule has 0 bridgehead atoms. The predicted molar refractivity (Wildman–Crippen MR) is 67.3 cm³/mol. The van der Waals surface area contributed by atoms with Gasteiger partial charge in [0.05, 0.1) is 16.5 Å². The van der Waals surface area contributed by atoms with Crippen molar-refractivity contribution in [3.8, 4) is 0 Å². The molecule has 0 aliphatic heterocycles. The van der Waals surface area contributed by atoms with Crippen LogP contribution in [0.5, 0.6) is 0 Å². The largest absolute Gasteiger partial charge is 0.284 e. The molecule has 0 aliphatic rings. The van der Waals surface area contributed by atoms with Crippen LogP contribution in [0.1, 0.15) is 6.92 Å². The van der Waals surface area contributed by atoms with Crippen LogP contribution in [0.15, 0.2) is 18.2 Å². The molecule has 0 saturated carbocycles. The fourth-order valence-electron chi connectivity index (χ4n) is 0.811. The number of halogens is 2. The van der Waals surface area contributed by atoms with Gasteiger partial charge in [0.15, 0.2) is 0 Å². The van der Waals surface area contributed by atoms with Crippen molar-refractivity contribution >= 4 is 49.9 Å². The molecule has 0 spiro atoms. The van der Waals surface area contributed by atoms with Crippen LogP contribution < -0.4 is 4.72 Å². The quantitative estimate of drug-likeness (QED) is 0.856. The molecule has 14 heavy (non-hydrogen) atoms. The Labute approximate surface area is 102 Å². The van der Waals surface area contributed by atoms with Crippen LogP contribution in [-0.4, -0.2) is 14.2 Å². The van der Waals surface area contributed by atoms with E-state index in [1.165, 1.54) is 0 Å². The second-order valence-electron chi connectivity index (χ2n) is 2.63. The topological polar surface area (TPSA) is 46.2 Å². The summed E-state index contributed by atoms with van der Waals surface area (Å²) in [6.45, 7) is 1.58. The molecular formula is C8H9ClINO2S. The zero-order valence-electron chi connectivity index (χ0n) is 7.42. The van der Waals surface area contributed by atoms with Gasteiger partial charge < -0.3 is 0 Å². The molecule has 0 amide bonds. The molecule has 0 heterocycles. The Kier molecular flexibility index (Phi) is 4.03. The van der Waals surface area contributed by atoms with Gasteiger partial charge in [0.25, 0.3) is 0 Å². The number of sulfonamides is 1. The molecule has 6 heteroatoms. The summed E-state index contributed by atoms with van der Waals surface area (Å²) in [5.41, 5.74) is 0.497. The van der Waals surface area contributed by atoms with Crippen molar-refractivity contribution in [1.29, 1.82) is 0 Å². The van der Waals surface area contributed by atoms with E-state index < -0.39 is 10.0 Å². The van der Waals surface area contributed by atoms with Crippen LogP contribution in [0.4, 0.5) is 5.69 Å². The van der Waals surface area contributed by atoms with Gasteiger partial charge in [0.2, 0.25) is 10.0 Å².